The lowest BCUT2D eigenvalue weighted by Gasteiger charge is -2.15. The number of carbonyl (C=O) groups excluding carboxylic acids is 2. The number of rotatable bonds is 7. The lowest BCUT2D eigenvalue weighted by Crippen LogP contribution is -2.37. The van der Waals surface area contributed by atoms with Crippen molar-refractivity contribution in [1.29, 1.82) is 0 Å². The molecule has 1 aromatic heterocycles. The second-order valence-corrected chi connectivity index (χ2v) is 6.30. The van der Waals surface area contributed by atoms with Gasteiger partial charge in [0.1, 0.15) is 6.04 Å². The monoisotopic (exact) mass is 363 g/mol. The molecule has 0 fully saturated rings. The Labute approximate surface area is 157 Å². The standard InChI is InChI=1S/C21H21N3O3/c1-14-7-9-15(10-8-14)17-13-23-19(27-17)12-11-18(25)24-20(21(22)26)16-5-3-2-4-6-16/h2-10,13,20H,11-12H2,1H3,(H2,22,26)(H,24,25). The smallest absolute Gasteiger partial charge is 0.244 e. The number of oxazole rings is 1. The van der Waals surface area contributed by atoms with Gasteiger partial charge in [-0.05, 0) is 12.5 Å². The van der Waals surface area contributed by atoms with Gasteiger partial charge in [-0.3, -0.25) is 9.59 Å². The van der Waals surface area contributed by atoms with E-state index in [-0.39, 0.29) is 12.3 Å². The maximum Gasteiger partial charge on any atom is 0.244 e. The van der Waals surface area contributed by atoms with Gasteiger partial charge in [0.15, 0.2) is 11.7 Å². The Morgan fingerprint density at radius 1 is 1.11 bits per heavy atom. The van der Waals surface area contributed by atoms with Crippen molar-refractivity contribution in [3.63, 3.8) is 0 Å². The molecule has 1 heterocycles. The zero-order valence-electron chi connectivity index (χ0n) is 15.0. The largest absolute Gasteiger partial charge is 0.441 e. The molecule has 0 spiro atoms. The fourth-order valence-electron chi connectivity index (χ4n) is 2.69. The van der Waals surface area contributed by atoms with Gasteiger partial charge in [0.25, 0.3) is 0 Å². The average Bonchev–Trinajstić information content (AvgIpc) is 3.14. The third-order valence-electron chi connectivity index (χ3n) is 4.18. The van der Waals surface area contributed by atoms with Crippen molar-refractivity contribution in [2.24, 2.45) is 5.73 Å². The normalized spacial score (nSPS) is 11.7. The molecule has 0 aliphatic carbocycles. The van der Waals surface area contributed by atoms with E-state index in [1.54, 1.807) is 30.5 Å². The minimum atomic E-state index is -0.855. The number of carbonyl (C=O) groups is 2. The summed E-state index contributed by atoms with van der Waals surface area (Å²) < 4.78 is 5.71. The topological polar surface area (TPSA) is 98.2 Å². The minimum absolute atomic E-state index is 0.143. The van der Waals surface area contributed by atoms with Crippen LogP contribution in [0.4, 0.5) is 0 Å². The first-order valence-electron chi connectivity index (χ1n) is 8.68. The highest BCUT2D eigenvalue weighted by atomic mass is 16.4. The molecule has 1 atom stereocenters. The van der Waals surface area contributed by atoms with E-state index in [9.17, 15) is 9.59 Å². The number of primary amides is 1. The quantitative estimate of drug-likeness (QED) is 0.674. The molecule has 3 aromatic rings. The number of nitrogens with two attached hydrogens (primary N) is 1. The fraction of sp³-hybridized carbons (Fsp3) is 0.190. The molecular formula is C21H21N3O3. The summed E-state index contributed by atoms with van der Waals surface area (Å²) in [5, 5.41) is 2.66. The average molecular weight is 363 g/mol. The van der Waals surface area contributed by atoms with Crippen LogP contribution < -0.4 is 11.1 Å². The van der Waals surface area contributed by atoms with E-state index in [0.717, 1.165) is 11.1 Å². The third-order valence-corrected chi connectivity index (χ3v) is 4.18. The predicted octanol–water partition coefficient (Wildman–Crippen LogP) is 2.93. The van der Waals surface area contributed by atoms with Crippen molar-refractivity contribution >= 4 is 11.8 Å². The Hall–Kier alpha value is -3.41. The van der Waals surface area contributed by atoms with Crippen LogP contribution in [0.1, 0.15) is 29.5 Å². The zero-order valence-corrected chi connectivity index (χ0v) is 15.0. The molecule has 2 aromatic carbocycles. The lowest BCUT2D eigenvalue weighted by molar-refractivity contribution is -0.127. The molecule has 0 aliphatic heterocycles. The Bertz CT molecular complexity index is 917. The fourth-order valence-corrected chi connectivity index (χ4v) is 2.69. The van der Waals surface area contributed by atoms with Crippen LogP contribution in [0, 0.1) is 6.92 Å². The number of nitrogens with zero attached hydrogens (tertiary/aromatic N) is 1. The molecule has 0 aliphatic rings. The van der Waals surface area contributed by atoms with Crippen molar-refractivity contribution in [3.05, 3.63) is 77.8 Å². The summed E-state index contributed by atoms with van der Waals surface area (Å²) in [6.07, 6.45) is 2.12. The number of aryl methyl sites for hydroxylation is 2. The highest BCUT2D eigenvalue weighted by Crippen LogP contribution is 2.21. The molecule has 6 heteroatoms. The molecule has 138 valence electrons. The molecule has 0 radical (unpaired) electrons. The lowest BCUT2D eigenvalue weighted by atomic mass is 10.1. The van der Waals surface area contributed by atoms with Gasteiger partial charge in [-0.1, -0.05) is 60.2 Å². The van der Waals surface area contributed by atoms with E-state index in [4.69, 9.17) is 10.2 Å². The van der Waals surface area contributed by atoms with E-state index in [2.05, 4.69) is 10.3 Å². The van der Waals surface area contributed by atoms with Crippen molar-refractivity contribution in [2.45, 2.75) is 25.8 Å². The molecule has 0 bridgehead atoms. The maximum atomic E-state index is 12.2. The van der Waals surface area contributed by atoms with Gasteiger partial charge < -0.3 is 15.5 Å². The number of hydrogen-bond donors (Lipinski definition) is 2. The summed E-state index contributed by atoms with van der Waals surface area (Å²) in [5.41, 5.74) is 8.16. The summed E-state index contributed by atoms with van der Waals surface area (Å²) >= 11 is 0. The van der Waals surface area contributed by atoms with Gasteiger partial charge >= 0.3 is 0 Å². The van der Waals surface area contributed by atoms with Crippen LogP contribution in [0.3, 0.4) is 0 Å². The third kappa shape index (κ3) is 4.82. The first-order chi connectivity index (χ1) is 13.0. The highest BCUT2D eigenvalue weighted by Gasteiger charge is 2.20. The Morgan fingerprint density at radius 3 is 2.48 bits per heavy atom. The summed E-state index contributed by atoms with van der Waals surface area (Å²) in [4.78, 5) is 28.1. The first-order valence-corrected chi connectivity index (χ1v) is 8.68. The second kappa shape index (κ2) is 8.31. The Balaban J connectivity index is 1.59. The number of aromatic nitrogens is 1. The molecule has 1 unspecified atom stereocenters. The van der Waals surface area contributed by atoms with E-state index >= 15 is 0 Å². The van der Waals surface area contributed by atoms with E-state index < -0.39 is 11.9 Å². The summed E-state index contributed by atoms with van der Waals surface area (Å²) in [5.74, 6) is 0.228. The molecule has 0 saturated heterocycles. The van der Waals surface area contributed by atoms with Gasteiger partial charge in [0, 0.05) is 18.4 Å². The molecule has 3 rings (SSSR count). The van der Waals surface area contributed by atoms with Gasteiger partial charge in [-0.15, -0.1) is 0 Å². The molecule has 6 nitrogen and oxygen atoms in total. The van der Waals surface area contributed by atoms with Crippen LogP contribution in [0.25, 0.3) is 11.3 Å². The van der Waals surface area contributed by atoms with Crippen LogP contribution in [0.2, 0.25) is 0 Å². The van der Waals surface area contributed by atoms with E-state index in [1.807, 2.05) is 37.3 Å². The van der Waals surface area contributed by atoms with Crippen molar-refractivity contribution in [3.8, 4) is 11.3 Å². The summed E-state index contributed by atoms with van der Waals surface area (Å²) in [7, 11) is 0. The van der Waals surface area contributed by atoms with Crippen molar-refractivity contribution < 1.29 is 14.0 Å². The number of hydrogen-bond acceptors (Lipinski definition) is 4. The van der Waals surface area contributed by atoms with Crippen LogP contribution in [-0.2, 0) is 16.0 Å². The number of amides is 2. The van der Waals surface area contributed by atoms with Gasteiger partial charge in [-0.25, -0.2) is 4.98 Å². The van der Waals surface area contributed by atoms with E-state index in [0.29, 0.717) is 23.6 Å². The molecule has 2 amide bonds. The van der Waals surface area contributed by atoms with E-state index in [1.165, 1.54) is 0 Å². The van der Waals surface area contributed by atoms with Crippen LogP contribution in [0.5, 0.6) is 0 Å². The van der Waals surface area contributed by atoms with Crippen LogP contribution in [0.15, 0.2) is 65.2 Å². The SMILES string of the molecule is Cc1ccc(-c2cnc(CCC(=O)NC(C(N)=O)c3ccccc3)o2)cc1. The number of nitrogens with one attached hydrogen (secondary N) is 1. The van der Waals surface area contributed by atoms with Crippen LogP contribution in [-0.4, -0.2) is 16.8 Å². The maximum absolute atomic E-state index is 12.2. The van der Waals surface area contributed by atoms with Gasteiger partial charge in [0.2, 0.25) is 11.8 Å². The summed E-state index contributed by atoms with van der Waals surface area (Å²) in [6.45, 7) is 2.02. The second-order valence-electron chi connectivity index (χ2n) is 6.30. The summed E-state index contributed by atoms with van der Waals surface area (Å²) in [6, 6.07) is 16.0. The molecule has 3 N–H and O–H groups in total. The molecule has 27 heavy (non-hydrogen) atoms. The van der Waals surface area contributed by atoms with Crippen molar-refractivity contribution in [2.75, 3.05) is 0 Å². The molecule has 0 saturated carbocycles. The van der Waals surface area contributed by atoms with Gasteiger partial charge in [-0.2, -0.15) is 0 Å². The number of benzene rings is 2. The Kier molecular flexibility index (Phi) is 5.66. The Morgan fingerprint density at radius 2 is 1.81 bits per heavy atom. The minimum Gasteiger partial charge on any atom is -0.441 e. The van der Waals surface area contributed by atoms with Crippen molar-refractivity contribution in [1.82, 2.24) is 10.3 Å². The zero-order chi connectivity index (χ0) is 19.2. The van der Waals surface area contributed by atoms with Gasteiger partial charge in [0.05, 0.1) is 6.20 Å². The molecular weight excluding hydrogens is 342 g/mol. The van der Waals surface area contributed by atoms with Crippen LogP contribution >= 0.6 is 0 Å². The first kappa shape index (κ1) is 18.4. The predicted molar refractivity (Wildman–Crippen MR) is 102 cm³/mol. The highest BCUT2D eigenvalue weighted by molar-refractivity contribution is 5.87.